The fraction of sp³-hybridized carbons (Fsp3) is 0.560. The molecule has 2 aromatic rings. The second-order valence-corrected chi connectivity index (χ2v) is 12.4. The van der Waals surface area contributed by atoms with Crippen LogP contribution in [0.1, 0.15) is 49.1 Å². The molecule has 1 atom stereocenters. The Morgan fingerprint density at radius 3 is 2.33 bits per heavy atom. The van der Waals surface area contributed by atoms with Gasteiger partial charge in [-0.25, -0.2) is 8.42 Å². The molecule has 2 aliphatic heterocycles. The van der Waals surface area contributed by atoms with Gasteiger partial charge in [-0.3, -0.25) is 9.69 Å². The highest BCUT2D eigenvalue weighted by molar-refractivity contribution is 7.89. The van der Waals surface area contributed by atoms with Gasteiger partial charge in [0.15, 0.2) is 0 Å². The quantitative estimate of drug-likeness (QED) is 0.637. The molecule has 33 heavy (non-hydrogen) atoms. The Morgan fingerprint density at radius 2 is 1.73 bits per heavy atom. The lowest BCUT2D eigenvalue weighted by Crippen LogP contribution is -2.45. The lowest BCUT2D eigenvalue weighted by Gasteiger charge is -2.37. The molecule has 0 aliphatic carbocycles. The Bertz CT molecular complexity index is 1010. The lowest BCUT2D eigenvalue weighted by atomic mass is 9.96. The predicted octanol–water partition coefficient (Wildman–Crippen LogP) is 4.05. The van der Waals surface area contributed by atoms with Crippen molar-refractivity contribution in [2.24, 2.45) is 11.8 Å². The monoisotopic (exact) mass is 489 g/mol. The van der Waals surface area contributed by atoms with E-state index < -0.39 is 10.0 Å². The topological polar surface area (TPSA) is 69.7 Å². The number of amides is 1. The van der Waals surface area contributed by atoms with E-state index in [1.807, 2.05) is 19.1 Å². The van der Waals surface area contributed by atoms with Gasteiger partial charge in [-0.1, -0.05) is 30.7 Å². The van der Waals surface area contributed by atoms with Crippen LogP contribution in [0, 0.1) is 18.8 Å². The number of carbonyl (C=O) groups excluding carboxylic acids is 1. The summed E-state index contributed by atoms with van der Waals surface area (Å²) in [6, 6.07) is 11.4. The van der Waals surface area contributed by atoms with Gasteiger partial charge >= 0.3 is 0 Å². The molecule has 1 aromatic carbocycles. The molecule has 0 bridgehead atoms. The predicted molar refractivity (Wildman–Crippen MR) is 133 cm³/mol. The standard InChI is InChI=1S/C25H35N3O3S2/c1-19-5-7-22(8-6-19)33(30,31)28-15-11-21(12-16-28)25(29)26-18-23(24-4-3-17-32-24)27-13-9-20(2)10-14-27/h3-8,17,20-21,23H,9-16,18H2,1-2H3,(H,26,29). The van der Waals surface area contributed by atoms with Crippen molar-refractivity contribution in [2.45, 2.75) is 50.5 Å². The van der Waals surface area contributed by atoms with Crippen molar-refractivity contribution in [2.75, 3.05) is 32.7 Å². The normalized spacial score (nSPS) is 20.5. The van der Waals surface area contributed by atoms with Gasteiger partial charge in [-0.15, -0.1) is 11.3 Å². The van der Waals surface area contributed by atoms with Crippen LogP contribution in [0.3, 0.4) is 0 Å². The summed E-state index contributed by atoms with van der Waals surface area (Å²) < 4.78 is 27.4. The fourth-order valence-corrected chi connectivity index (χ4v) is 7.12. The van der Waals surface area contributed by atoms with E-state index in [0.717, 1.165) is 24.6 Å². The second kappa shape index (κ2) is 10.7. The van der Waals surface area contributed by atoms with E-state index in [1.165, 1.54) is 22.0 Å². The van der Waals surface area contributed by atoms with Crippen LogP contribution < -0.4 is 5.32 Å². The van der Waals surface area contributed by atoms with E-state index in [-0.39, 0.29) is 17.9 Å². The van der Waals surface area contributed by atoms with Crippen LogP contribution in [0.5, 0.6) is 0 Å². The molecule has 180 valence electrons. The first kappa shape index (κ1) is 24.4. The van der Waals surface area contributed by atoms with Gasteiger partial charge in [0, 0.05) is 30.4 Å². The molecule has 1 aromatic heterocycles. The van der Waals surface area contributed by atoms with Crippen molar-refractivity contribution >= 4 is 27.3 Å². The van der Waals surface area contributed by atoms with Crippen molar-refractivity contribution in [1.82, 2.24) is 14.5 Å². The van der Waals surface area contributed by atoms with Gasteiger partial charge in [0.05, 0.1) is 10.9 Å². The van der Waals surface area contributed by atoms with Crippen molar-refractivity contribution < 1.29 is 13.2 Å². The number of rotatable bonds is 7. The minimum absolute atomic E-state index is 0.0503. The summed E-state index contributed by atoms with van der Waals surface area (Å²) in [4.78, 5) is 17.1. The number of thiophene rings is 1. The summed E-state index contributed by atoms with van der Waals surface area (Å²) in [6.45, 7) is 7.75. The number of piperidine rings is 2. The summed E-state index contributed by atoms with van der Waals surface area (Å²) in [5.41, 5.74) is 1.03. The van der Waals surface area contributed by atoms with E-state index in [9.17, 15) is 13.2 Å². The first-order valence-electron chi connectivity index (χ1n) is 12.0. The van der Waals surface area contributed by atoms with Crippen LogP contribution in [-0.2, 0) is 14.8 Å². The first-order valence-corrected chi connectivity index (χ1v) is 14.3. The van der Waals surface area contributed by atoms with Crippen molar-refractivity contribution in [3.63, 3.8) is 0 Å². The Hall–Kier alpha value is -1.74. The summed E-state index contributed by atoms with van der Waals surface area (Å²) >= 11 is 1.75. The molecule has 1 N–H and O–H groups in total. The smallest absolute Gasteiger partial charge is 0.243 e. The minimum Gasteiger partial charge on any atom is -0.354 e. The second-order valence-electron chi connectivity index (χ2n) is 9.49. The molecule has 3 heterocycles. The fourth-order valence-electron chi connectivity index (χ4n) is 4.79. The lowest BCUT2D eigenvalue weighted by molar-refractivity contribution is -0.126. The Morgan fingerprint density at radius 1 is 1.06 bits per heavy atom. The zero-order chi connectivity index (χ0) is 23.4. The van der Waals surface area contributed by atoms with Crippen LogP contribution in [0.25, 0.3) is 0 Å². The number of sulfonamides is 1. The van der Waals surface area contributed by atoms with Crippen molar-refractivity contribution in [3.8, 4) is 0 Å². The largest absolute Gasteiger partial charge is 0.354 e. The molecule has 2 aliphatic rings. The molecule has 2 saturated heterocycles. The van der Waals surface area contributed by atoms with Crippen LogP contribution in [0.2, 0.25) is 0 Å². The number of hydrogen-bond acceptors (Lipinski definition) is 5. The summed E-state index contributed by atoms with van der Waals surface area (Å²) in [5.74, 6) is 0.676. The molecule has 0 spiro atoms. The van der Waals surface area contributed by atoms with E-state index >= 15 is 0 Å². The maximum atomic E-state index is 13.0. The molecule has 2 fully saturated rings. The van der Waals surface area contributed by atoms with Gasteiger partial charge in [0.1, 0.15) is 0 Å². The van der Waals surface area contributed by atoms with Crippen molar-refractivity contribution in [1.29, 1.82) is 0 Å². The summed E-state index contributed by atoms with van der Waals surface area (Å²) in [6.07, 6.45) is 3.51. The van der Waals surface area contributed by atoms with Crippen LogP contribution in [0.4, 0.5) is 0 Å². The number of hydrogen-bond donors (Lipinski definition) is 1. The third-order valence-electron chi connectivity index (χ3n) is 7.08. The zero-order valence-corrected chi connectivity index (χ0v) is 21.2. The molecule has 0 radical (unpaired) electrons. The summed E-state index contributed by atoms with van der Waals surface area (Å²) in [7, 11) is -3.51. The highest BCUT2D eigenvalue weighted by Gasteiger charge is 2.33. The molecule has 1 unspecified atom stereocenters. The average molecular weight is 490 g/mol. The highest BCUT2D eigenvalue weighted by atomic mass is 32.2. The van der Waals surface area contributed by atoms with Gasteiger partial charge in [0.25, 0.3) is 0 Å². The third-order valence-corrected chi connectivity index (χ3v) is 9.97. The molecular formula is C25H35N3O3S2. The van der Waals surface area contributed by atoms with Gasteiger partial charge in [-0.05, 0) is 75.2 Å². The Labute approximate surface area is 202 Å². The van der Waals surface area contributed by atoms with Crippen LogP contribution >= 0.6 is 11.3 Å². The first-order chi connectivity index (χ1) is 15.8. The highest BCUT2D eigenvalue weighted by Crippen LogP contribution is 2.30. The van der Waals surface area contributed by atoms with E-state index in [1.54, 1.807) is 23.5 Å². The van der Waals surface area contributed by atoms with E-state index in [0.29, 0.717) is 37.4 Å². The number of benzene rings is 1. The Kier molecular flexibility index (Phi) is 7.89. The number of nitrogens with zero attached hydrogens (tertiary/aromatic N) is 2. The average Bonchev–Trinajstić information content (AvgIpc) is 3.35. The number of likely N-dealkylation sites (tertiary alicyclic amines) is 1. The third kappa shape index (κ3) is 5.85. The molecule has 4 rings (SSSR count). The van der Waals surface area contributed by atoms with Gasteiger partial charge in [0.2, 0.25) is 15.9 Å². The van der Waals surface area contributed by atoms with Crippen LogP contribution in [0.15, 0.2) is 46.7 Å². The summed E-state index contributed by atoms with van der Waals surface area (Å²) in [5, 5.41) is 5.30. The molecular weight excluding hydrogens is 454 g/mol. The molecule has 1 amide bonds. The van der Waals surface area contributed by atoms with Gasteiger partial charge < -0.3 is 5.32 Å². The van der Waals surface area contributed by atoms with Crippen molar-refractivity contribution in [3.05, 3.63) is 52.2 Å². The maximum Gasteiger partial charge on any atom is 0.243 e. The Balaban J connectivity index is 1.32. The zero-order valence-electron chi connectivity index (χ0n) is 19.6. The SMILES string of the molecule is Cc1ccc(S(=O)(=O)N2CCC(C(=O)NCC(c3cccs3)N3CCC(C)CC3)CC2)cc1. The number of nitrogens with one attached hydrogen (secondary N) is 1. The van der Waals surface area contributed by atoms with E-state index in [2.05, 4.69) is 34.7 Å². The molecule has 6 nitrogen and oxygen atoms in total. The molecule has 0 saturated carbocycles. The maximum absolute atomic E-state index is 13.0. The van der Waals surface area contributed by atoms with Gasteiger partial charge in [-0.2, -0.15) is 4.31 Å². The van der Waals surface area contributed by atoms with E-state index in [4.69, 9.17) is 0 Å². The molecule has 8 heteroatoms. The number of carbonyl (C=O) groups is 1. The minimum atomic E-state index is -3.51. The van der Waals surface area contributed by atoms with Crippen LogP contribution in [-0.4, -0.2) is 56.3 Å². The number of aryl methyl sites for hydroxylation is 1.